The Bertz CT molecular complexity index is 1560. The number of nitrogens with one attached hydrogen (secondary N) is 2. The summed E-state index contributed by atoms with van der Waals surface area (Å²) in [6, 6.07) is 14.4. The molecule has 1 aromatic carbocycles. The van der Waals surface area contributed by atoms with Gasteiger partial charge >= 0.3 is 0 Å². The number of pyridine rings is 2. The Balaban J connectivity index is 1.49. The SMILES string of the molecule is CN1CCc2ccc(Nc3ncc(-c4ccc(F)nc4)c(Nc4cccc(N=S(C)(C)=O)n4)n3)cc2C1. The van der Waals surface area contributed by atoms with Crippen LogP contribution in [0.3, 0.4) is 0 Å². The summed E-state index contributed by atoms with van der Waals surface area (Å²) in [5, 5.41) is 6.50. The zero-order chi connectivity index (χ0) is 26.0. The van der Waals surface area contributed by atoms with Crippen LogP contribution in [0.15, 0.2) is 65.3 Å². The van der Waals surface area contributed by atoms with Crippen molar-refractivity contribution >= 4 is 38.8 Å². The third-order valence-electron chi connectivity index (χ3n) is 5.79. The van der Waals surface area contributed by atoms with Crippen LogP contribution in [0.25, 0.3) is 11.1 Å². The predicted molar refractivity (Wildman–Crippen MR) is 145 cm³/mol. The minimum absolute atomic E-state index is 0.344. The van der Waals surface area contributed by atoms with Crippen LogP contribution in [0.1, 0.15) is 11.1 Å². The van der Waals surface area contributed by atoms with Gasteiger partial charge in [-0.15, -0.1) is 0 Å². The van der Waals surface area contributed by atoms with Gasteiger partial charge in [0.15, 0.2) is 5.82 Å². The summed E-state index contributed by atoms with van der Waals surface area (Å²) in [7, 11) is -0.257. The molecular formula is C26H27FN8OS. The molecule has 0 atom stereocenters. The number of anilines is 4. The Labute approximate surface area is 215 Å². The molecule has 0 aliphatic carbocycles. The maximum Gasteiger partial charge on any atom is 0.229 e. The molecule has 4 heterocycles. The number of nitrogens with zero attached hydrogens (tertiary/aromatic N) is 6. The largest absolute Gasteiger partial charge is 0.324 e. The van der Waals surface area contributed by atoms with E-state index in [1.54, 1.807) is 43.0 Å². The van der Waals surface area contributed by atoms with Crippen LogP contribution in [-0.2, 0) is 22.7 Å². The minimum Gasteiger partial charge on any atom is -0.324 e. The highest BCUT2D eigenvalue weighted by atomic mass is 32.2. The Morgan fingerprint density at radius 1 is 1.00 bits per heavy atom. The normalized spacial score (nSPS) is 13.6. The van der Waals surface area contributed by atoms with Gasteiger partial charge in [0, 0.05) is 64.5 Å². The third kappa shape index (κ3) is 6.25. The van der Waals surface area contributed by atoms with E-state index in [2.05, 4.69) is 54.0 Å². The molecule has 0 amide bonds. The zero-order valence-electron chi connectivity index (χ0n) is 20.8. The number of halogens is 1. The average molecular weight is 519 g/mol. The van der Waals surface area contributed by atoms with Crippen LogP contribution in [-0.4, -0.2) is 55.1 Å². The smallest absolute Gasteiger partial charge is 0.229 e. The molecule has 0 saturated carbocycles. The molecule has 1 aliphatic rings. The van der Waals surface area contributed by atoms with Crippen LogP contribution in [0, 0.1) is 5.95 Å². The lowest BCUT2D eigenvalue weighted by Crippen LogP contribution is -2.26. The van der Waals surface area contributed by atoms with E-state index < -0.39 is 15.7 Å². The zero-order valence-corrected chi connectivity index (χ0v) is 21.6. The highest BCUT2D eigenvalue weighted by Gasteiger charge is 2.15. The van der Waals surface area contributed by atoms with Crippen molar-refractivity contribution in [2.24, 2.45) is 4.36 Å². The van der Waals surface area contributed by atoms with Crippen molar-refractivity contribution in [1.82, 2.24) is 24.8 Å². The second kappa shape index (κ2) is 10.2. The summed E-state index contributed by atoms with van der Waals surface area (Å²) in [4.78, 5) is 19.7. The van der Waals surface area contributed by atoms with Crippen LogP contribution < -0.4 is 10.6 Å². The topological polar surface area (TPSA) is 108 Å². The number of hydrogen-bond donors (Lipinski definition) is 2. The summed E-state index contributed by atoms with van der Waals surface area (Å²) in [6.07, 6.45) is 7.21. The van der Waals surface area contributed by atoms with E-state index in [1.165, 1.54) is 23.4 Å². The summed E-state index contributed by atoms with van der Waals surface area (Å²) in [5.74, 6) is 1.06. The lowest BCUT2D eigenvalue weighted by Gasteiger charge is -2.25. The molecule has 0 radical (unpaired) electrons. The first-order chi connectivity index (χ1) is 17.7. The lowest BCUT2D eigenvalue weighted by molar-refractivity contribution is 0.313. The summed E-state index contributed by atoms with van der Waals surface area (Å²) in [5.41, 5.74) is 4.77. The van der Waals surface area contributed by atoms with Crippen LogP contribution >= 0.6 is 0 Å². The van der Waals surface area contributed by atoms with Gasteiger partial charge in [-0.3, -0.25) is 0 Å². The van der Waals surface area contributed by atoms with Crippen molar-refractivity contribution in [2.75, 3.05) is 36.7 Å². The maximum atomic E-state index is 13.5. The van der Waals surface area contributed by atoms with E-state index in [0.29, 0.717) is 34.5 Å². The van der Waals surface area contributed by atoms with Gasteiger partial charge in [0.2, 0.25) is 11.9 Å². The molecule has 11 heteroatoms. The fraction of sp³-hybridized carbons (Fsp3) is 0.231. The second-order valence-electron chi connectivity index (χ2n) is 9.20. The van der Waals surface area contributed by atoms with Crippen LogP contribution in [0.5, 0.6) is 0 Å². The van der Waals surface area contributed by atoms with Gasteiger partial charge in [-0.25, -0.2) is 19.2 Å². The van der Waals surface area contributed by atoms with Crippen LogP contribution in [0.2, 0.25) is 0 Å². The van der Waals surface area contributed by atoms with Gasteiger partial charge in [-0.1, -0.05) is 12.1 Å². The maximum absolute atomic E-state index is 13.5. The monoisotopic (exact) mass is 518 g/mol. The van der Waals surface area contributed by atoms with Gasteiger partial charge in [0.05, 0.1) is 0 Å². The molecule has 9 nitrogen and oxygen atoms in total. The third-order valence-corrected chi connectivity index (χ3v) is 6.41. The number of likely N-dealkylation sites (N-methyl/N-ethyl adjacent to an activating group) is 1. The van der Waals surface area contributed by atoms with E-state index in [0.717, 1.165) is 25.2 Å². The number of fused-ring (bicyclic) bond motifs is 1. The van der Waals surface area contributed by atoms with E-state index in [-0.39, 0.29) is 0 Å². The van der Waals surface area contributed by atoms with Crippen molar-refractivity contribution in [3.63, 3.8) is 0 Å². The fourth-order valence-electron chi connectivity index (χ4n) is 4.08. The molecule has 3 aromatic heterocycles. The summed E-state index contributed by atoms with van der Waals surface area (Å²) >= 11 is 0. The lowest BCUT2D eigenvalue weighted by atomic mass is 9.99. The van der Waals surface area contributed by atoms with Gasteiger partial charge in [-0.05, 0) is 61.0 Å². The minimum atomic E-state index is -2.37. The predicted octanol–water partition coefficient (Wildman–Crippen LogP) is 4.91. The van der Waals surface area contributed by atoms with Gasteiger partial charge in [0.1, 0.15) is 11.6 Å². The average Bonchev–Trinajstić information content (AvgIpc) is 2.84. The van der Waals surface area contributed by atoms with Crippen molar-refractivity contribution in [1.29, 1.82) is 0 Å². The molecule has 0 bridgehead atoms. The standard InChI is InChI=1S/C26H27FN8OS/c1-35-12-11-17-7-9-20(13-19(17)16-35)30-26-29-15-21(18-8-10-22(27)28-14-18)25(33-26)32-23-5-4-6-24(31-23)34-37(2,3)36/h4-10,13-15H,11-12,16H2,1-3H3,(H2,29,30,31,32,33). The number of hydrogen-bond acceptors (Lipinski definition) is 9. The molecule has 0 fully saturated rings. The quantitative estimate of drug-likeness (QED) is 0.347. The van der Waals surface area contributed by atoms with E-state index in [9.17, 15) is 8.60 Å². The van der Waals surface area contributed by atoms with Crippen molar-refractivity contribution in [3.8, 4) is 11.1 Å². The Hall–Kier alpha value is -3.96. The first-order valence-electron chi connectivity index (χ1n) is 11.7. The number of rotatable bonds is 6. The summed E-state index contributed by atoms with van der Waals surface area (Å²) in [6.45, 7) is 1.94. The Morgan fingerprint density at radius 2 is 1.86 bits per heavy atom. The van der Waals surface area contributed by atoms with Gasteiger partial charge < -0.3 is 15.5 Å². The van der Waals surface area contributed by atoms with Crippen molar-refractivity contribution in [3.05, 3.63) is 78.0 Å². The van der Waals surface area contributed by atoms with Crippen LogP contribution in [0.4, 0.5) is 33.5 Å². The Kier molecular flexibility index (Phi) is 6.81. The number of benzene rings is 1. The van der Waals surface area contributed by atoms with Gasteiger partial charge in [-0.2, -0.15) is 13.7 Å². The Morgan fingerprint density at radius 3 is 2.65 bits per heavy atom. The molecule has 0 spiro atoms. The van der Waals surface area contributed by atoms with Crippen molar-refractivity contribution in [2.45, 2.75) is 13.0 Å². The highest BCUT2D eigenvalue weighted by Crippen LogP contribution is 2.30. The first kappa shape index (κ1) is 24.7. The van der Waals surface area contributed by atoms with E-state index in [4.69, 9.17) is 4.98 Å². The van der Waals surface area contributed by atoms with Gasteiger partial charge in [0.25, 0.3) is 0 Å². The van der Waals surface area contributed by atoms with E-state index in [1.807, 2.05) is 6.07 Å². The van der Waals surface area contributed by atoms with E-state index >= 15 is 0 Å². The molecule has 2 N–H and O–H groups in total. The number of aromatic nitrogens is 4. The molecule has 5 rings (SSSR count). The summed E-state index contributed by atoms with van der Waals surface area (Å²) < 4.78 is 29.8. The molecule has 0 saturated heterocycles. The molecule has 0 unspecified atom stereocenters. The molecule has 4 aromatic rings. The first-order valence-corrected chi connectivity index (χ1v) is 14.0. The molecule has 37 heavy (non-hydrogen) atoms. The molecule has 1 aliphatic heterocycles. The molecular weight excluding hydrogens is 491 g/mol. The highest BCUT2D eigenvalue weighted by molar-refractivity contribution is 7.92. The van der Waals surface area contributed by atoms with Crippen molar-refractivity contribution < 1.29 is 8.60 Å². The molecule has 190 valence electrons. The second-order valence-corrected chi connectivity index (χ2v) is 11.7. The fourth-order valence-corrected chi connectivity index (χ4v) is 4.63.